The predicted octanol–water partition coefficient (Wildman–Crippen LogP) is 2.65. The van der Waals surface area contributed by atoms with Gasteiger partial charge in [0.2, 0.25) is 10.1 Å². The summed E-state index contributed by atoms with van der Waals surface area (Å²) in [7, 11) is 0. The molecule has 2 fully saturated rings. The summed E-state index contributed by atoms with van der Waals surface area (Å²) >= 11 is 7.54. The minimum absolute atomic E-state index is 0.0439. The highest BCUT2D eigenvalue weighted by molar-refractivity contribution is 7.20. The summed E-state index contributed by atoms with van der Waals surface area (Å²) in [6, 6.07) is 7.70. The van der Waals surface area contributed by atoms with Crippen LogP contribution in [0.3, 0.4) is 0 Å². The zero-order chi connectivity index (χ0) is 14.9. The maximum absolute atomic E-state index is 6.26. The first-order valence-electron chi connectivity index (χ1n) is 7.27. The van der Waals surface area contributed by atoms with Crippen LogP contribution in [0.4, 0.5) is 5.13 Å². The number of nitrogens with two attached hydrogens (primary N) is 1. The van der Waals surface area contributed by atoms with E-state index in [0.29, 0.717) is 5.92 Å². The third-order valence-electron chi connectivity index (χ3n) is 4.65. The lowest BCUT2D eigenvalue weighted by Crippen LogP contribution is -2.33. The lowest BCUT2D eigenvalue weighted by atomic mass is 10.2. The molecule has 0 amide bonds. The van der Waals surface area contributed by atoms with Gasteiger partial charge in [-0.3, -0.25) is 0 Å². The van der Waals surface area contributed by atoms with Crippen LogP contribution in [0.25, 0.3) is 16.2 Å². The molecular formula is C15H14ClN5S. The van der Waals surface area contributed by atoms with Gasteiger partial charge in [0.05, 0.1) is 11.9 Å². The monoisotopic (exact) mass is 331 g/mol. The first kappa shape index (κ1) is 12.9. The van der Waals surface area contributed by atoms with Gasteiger partial charge in [-0.2, -0.15) is 0 Å². The van der Waals surface area contributed by atoms with E-state index >= 15 is 0 Å². The van der Waals surface area contributed by atoms with Crippen molar-refractivity contribution >= 4 is 33.0 Å². The van der Waals surface area contributed by atoms with Gasteiger partial charge >= 0.3 is 0 Å². The lowest BCUT2D eigenvalue weighted by molar-refractivity contribution is 0.696. The van der Waals surface area contributed by atoms with Gasteiger partial charge in [-0.15, -0.1) is 5.10 Å². The van der Waals surface area contributed by atoms with E-state index in [2.05, 4.69) is 15.0 Å². The van der Waals surface area contributed by atoms with Crippen LogP contribution in [0.5, 0.6) is 0 Å². The standard InChI is InChI=1S/C15H14ClN5S/c16-11-3-1-9(2-4-11)12-7-21-13(18-12)22-14(19-21)20-6-10-5-15(10,17)8-20/h1-4,7,10H,5-6,8,17H2/t10-,15-/m0/s1. The Morgan fingerprint density at radius 1 is 1.32 bits per heavy atom. The number of imidazole rings is 1. The van der Waals surface area contributed by atoms with E-state index < -0.39 is 0 Å². The summed E-state index contributed by atoms with van der Waals surface area (Å²) in [5, 5.41) is 6.41. The van der Waals surface area contributed by atoms with Gasteiger partial charge in [-0.1, -0.05) is 35.1 Å². The number of hydrogen-bond acceptors (Lipinski definition) is 5. The molecule has 2 N–H and O–H groups in total. The number of hydrogen-bond donors (Lipinski definition) is 1. The lowest BCUT2D eigenvalue weighted by Gasteiger charge is -2.17. The van der Waals surface area contributed by atoms with Crippen LogP contribution in [0.1, 0.15) is 6.42 Å². The molecule has 3 aromatic rings. The van der Waals surface area contributed by atoms with Crippen molar-refractivity contribution in [3.8, 4) is 11.3 Å². The number of halogens is 1. The Kier molecular flexibility index (Phi) is 2.47. The van der Waals surface area contributed by atoms with Crippen LogP contribution >= 0.6 is 22.9 Å². The molecular weight excluding hydrogens is 318 g/mol. The molecule has 0 radical (unpaired) electrons. The molecule has 1 saturated heterocycles. The predicted molar refractivity (Wildman–Crippen MR) is 88.5 cm³/mol. The molecule has 2 atom stereocenters. The van der Waals surface area contributed by atoms with Gasteiger partial charge < -0.3 is 10.6 Å². The van der Waals surface area contributed by atoms with Crippen LogP contribution < -0.4 is 10.6 Å². The highest BCUT2D eigenvalue weighted by Gasteiger charge is 2.57. The van der Waals surface area contributed by atoms with Gasteiger partial charge in [-0.25, -0.2) is 9.50 Å². The van der Waals surface area contributed by atoms with Crippen molar-refractivity contribution in [2.75, 3.05) is 18.0 Å². The number of nitrogens with zero attached hydrogens (tertiary/aromatic N) is 4. The van der Waals surface area contributed by atoms with Crippen molar-refractivity contribution in [1.82, 2.24) is 14.6 Å². The summed E-state index contributed by atoms with van der Waals surface area (Å²) in [4.78, 5) is 7.87. The molecule has 7 heteroatoms. The molecule has 2 aromatic heterocycles. The molecule has 5 nitrogen and oxygen atoms in total. The van der Waals surface area contributed by atoms with Crippen LogP contribution in [0, 0.1) is 5.92 Å². The quantitative estimate of drug-likeness (QED) is 0.784. The Balaban J connectivity index is 1.46. The van der Waals surface area contributed by atoms with Gasteiger partial charge in [0.15, 0.2) is 0 Å². The smallest absolute Gasteiger partial charge is 0.214 e. The molecule has 1 saturated carbocycles. The molecule has 1 aliphatic carbocycles. The average Bonchev–Trinajstić information content (AvgIpc) is 2.88. The van der Waals surface area contributed by atoms with Crippen molar-refractivity contribution < 1.29 is 0 Å². The van der Waals surface area contributed by atoms with E-state index in [0.717, 1.165) is 45.9 Å². The summed E-state index contributed by atoms with van der Waals surface area (Å²) in [6.07, 6.45) is 3.13. The second-order valence-corrected chi connectivity index (χ2v) is 7.63. The molecule has 1 aromatic carbocycles. The Morgan fingerprint density at radius 3 is 2.82 bits per heavy atom. The van der Waals surface area contributed by atoms with E-state index in [1.165, 1.54) is 0 Å². The molecule has 0 spiro atoms. The van der Waals surface area contributed by atoms with Crippen LogP contribution in [0.2, 0.25) is 5.02 Å². The number of rotatable bonds is 2. The molecule has 2 aliphatic rings. The van der Waals surface area contributed by atoms with Gasteiger partial charge in [0.25, 0.3) is 0 Å². The fourth-order valence-corrected chi connectivity index (χ4v) is 4.27. The highest BCUT2D eigenvalue weighted by atomic mass is 35.5. The number of anilines is 1. The van der Waals surface area contributed by atoms with Crippen molar-refractivity contribution in [1.29, 1.82) is 0 Å². The fraction of sp³-hybridized carbons (Fsp3) is 0.333. The fourth-order valence-electron chi connectivity index (χ4n) is 3.25. The van der Waals surface area contributed by atoms with Crippen molar-refractivity contribution in [3.63, 3.8) is 0 Å². The maximum atomic E-state index is 6.26. The topological polar surface area (TPSA) is 59.5 Å². The summed E-state index contributed by atoms with van der Waals surface area (Å²) < 4.78 is 1.86. The molecule has 0 unspecified atom stereocenters. The van der Waals surface area contributed by atoms with Crippen LogP contribution in [-0.2, 0) is 0 Å². The zero-order valence-electron chi connectivity index (χ0n) is 11.7. The van der Waals surface area contributed by atoms with E-state index in [-0.39, 0.29) is 5.54 Å². The maximum Gasteiger partial charge on any atom is 0.214 e. The van der Waals surface area contributed by atoms with E-state index in [1.807, 2.05) is 35.0 Å². The molecule has 3 heterocycles. The van der Waals surface area contributed by atoms with Crippen LogP contribution in [-0.4, -0.2) is 33.2 Å². The van der Waals surface area contributed by atoms with E-state index in [9.17, 15) is 0 Å². The Morgan fingerprint density at radius 2 is 2.14 bits per heavy atom. The Bertz CT molecular complexity index is 838. The van der Waals surface area contributed by atoms with Crippen molar-refractivity contribution in [3.05, 3.63) is 35.5 Å². The molecule has 22 heavy (non-hydrogen) atoms. The van der Waals surface area contributed by atoms with Gasteiger partial charge in [0, 0.05) is 29.2 Å². The minimum Gasteiger partial charge on any atom is -0.344 e. The second kappa shape index (κ2) is 4.22. The second-order valence-electron chi connectivity index (χ2n) is 6.26. The SMILES string of the molecule is N[C@]12C[C@H]1CN(c1nn3cc(-c4ccc(Cl)cc4)nc3s1)C2. The molecule has 5 rings (SSSR count). The Hall–Kier alpha value is -1.63. The minimum atomic E-state index is 0.0439. The van der Waals surface area contributed by atoms with Gasteiger partial charge in [0.1, 0.15) is 0 Å². The van der Waals surface area contributed by atoms with E-state index in [1.54, 1.807) is 11.3 Å². The first-order chi connectivity index (χ1) is 10.6. The number of piperidine rings is 1. The van der Waals surface area contributed by atoms with Crippen molar-refractivity contribution in [2.45, 2.75) is 12.0 Å². The summed E-state index contributed by atoms with van der Waals surface area (Å²) in [5.74, 6) is 0.647. The van der Waals surface area contributed by atoms with Gasteiger partial charge in [-0.05, 0) is 24.5 Å². The largest absolute Gasteiger partial charge is 0.344 e. The highest BCUT2D eigenvalue weighted by Crippen LogP contribution is 2.48. The number of benzene rings is 1. The van der Waals surface area contributed by atoms with Crippen LogP contribution in [0.15, 0.2) is 30.5 Å². The number of aromatic nitrogens is 3. The summed E-state index contributed by atoms with van der Waals surface area (Å²) in [6.45, 7) is 1.94. The summed E-state index contributed by atoms with van der Waals surface area (Å²) in [5.41, 5.74) is 8.27. The van der Waals surface area contributed by atoms with Crippen molar-refractivity contribution in [2.24, 2.45) is 11.7 Å². The Labute approximate surface area is 136 Å². The third kappa shape index (κ3) is 1.87. The van der Waals surface area contributed by atoms with E-state index in [4.69, 9.17) is 17.3 Å². The normalized spacial score (nSPS) is 26.6. The molecule has 0 bridgehead atoms. The zero-order valence-corrected chi connectivity index (χ0v) is 13.3. The molecule has 1 aliphatic heterocycles. The first-order valence-corrected chi connectivity index (χ1v) is 8.46. The number of fused-ring (bicyclic) bond motifs is 2. The average molecular weight is 332 g/mol. The molecule has 112 valence electrons. The third-order valence-corrected chi connectivity index (χ3v) is 5.88.